The number of benzene rings is 6. The number of nitrogens with one attached hydrogen (secondary N) is 1. The van der Waals surface area contributed by atoms with Crippen LogP contribution in [0.3, 0.4) is 0 Å². The first-order chi connectivity index (χ1) is 19.6. The number of fused-ring (bicyclic) bond motifs is 6. The molecule has 0 saturated heterocycles. The molecule has 1 heteroatoms. The zero-order chi connectivity index (χ0) is 26.8. The highest BCUT2D eigenvalue weighted by molar-refractivity contribution is 6.12. The summed E-state index contributed by atoms with van der Waals surface area (Å²) in [4.78, 5) is 3.72. The standard InChI is InChI=1S/C39H29N/c1-39(2)35-17-8-6-13-31(35)32-20-19-26(24-36(32)39)28-21-27(25-11-4-3-5-12-25)22-29(23-28)30-15-10-16-34-33-14-7-9-18-37(33)40-38(30)34/h3-24,40H,1-2H3. The van der Waals surface area contributed by atoms with Gasteiger partial charge < -0.3 is 4.98 Å². The highest BCUT2D eigenvalue weighted by atomic mass is 14.7. The molecule has 6 aromatic carbocycles. The number of rotatable bonds is 3. The maximum absolute atomic E-state index is 3.72. The topological polar surface area (TPSA) is 15.8 Å². The van der Waals surface area contributed by atoms with Crippen LogP contribution in [0.25, 0.3) is 66.3 Å². The van der Waals surface area contributed by atoms with Gasteiger partial charge in [-0.05, 0) is 80.4 Å². The van der Waals surface area contributed by atoms with Crippen LogP contribution >= 0.6 is 0 Å². The van der Waals surface area contributed by atoms with Crippen molar-refractivity contribution in [3.05, 3.63) is 145 Å². The molecule has 40 heavy (non-hydrogen) atoms. The van der Waals surface area contributed by atoms with Gasteiger partial charge in [-0.1, -0.05) is 117 Å². The highest BCUT2D eigenvalue weighted by Gasteiger charge is 2.35. The lowest BCUT2D eigenvalue weighted by Crippen LogP contribution is -2.14. The monoisotopic (exact) mass is 511 g/mol. The van der Waals surface area contributed by atoms with Crippen LogP contribution < -0.4 is 0 Å². The Morgan fingerprint density at radius 3 is 1.95 bits per heavy atom. The van der Waals surface area contributed by atoms with E-state index in [1.165, 1.54) is 77.4 Å². The van der Waals surface area contributed by atoms with Gasteiger partial charge in [0.05, 0.1) is 5.52 Å². The van der Waals surface area contributed by atoms with Gasteiger partial charge in [0.2, 0.25) is 0 Å². The molecule has 1 nitrogen and oxygen atoms in total. The summed E-state index contributed by atoms with van der Waals surface area (Å²) in [6.45, 7) is 4.70. The number of aromatic amines is 1. The molecule has 1 aliphatic carbocycles. The molecule has 1 heterocycles. The second-order valence-corrected chi connectivity index (χ2v) is 11.5. The van der Waals surface area contributed by atoms with Crippen LogP contribution in [-0.4, -0.2) is 4.98 Å². The summed E-state index contributed by atoms with van der Waals surface area (Å²) >= 11 is 0. The third-order valence-corrected chi connectivity index (χ3v) is 8.81. The second-order valence-electron chi connectivity index (χ2n) is 11.5. The van der Waals surface area contributed by atoms with E-state index in [0.29, 0.717) is 0 Å². The second kappa shape index (κ2) is 8.56. The molecule has 7 aromatic rings. The summed E-state index contributed by atoms with van der Waals surface area (Å²) in [5, 5.41) is 2.52. The molecular formula is C39H29N. The van der Waals surface area contributed by atoms with Crippen molar-refractivity contribution in [3.8, 4) is 44.5 Å². The number of hydrogen-bond acceptors (Lipinski definition) is 0. The molecule has 1 N–H and O–H groups in total. The molecule has 1 aromatic heterocycles. The lowest BCUT2D eigenvalue weighted by atomic mass is 9.81. The largest absolute Gasteiger partial charge is 0.354 e. The molecule has 190 valence electrons. The Morgan fingerprint density at radius 1 is 0.425 bits per heavy atom. The molecule has 0 fully saturated rings. The fourth-order valence-corrected chi connectivity index (χ4v) is 6.74. The van der Waals surface area contributed by atoms with E-state index in [-0.39, 0.29) is 5.41 Å². The van der Waals surface area contributed by atoms with Gasteiger partial charge in [-0.3, -0.25) is 0 Å². The fraction of sp³-hybridized carbons (Fsp3) is 0.0769. The number of aromatic nitrogens is 1. The summed E-state index contributed by atoms with van der Waals surface area (Å²) in [6.07, 6.45) is 0. The van der Waals surface area contributed by atoms with Crippen LogP contribution in [0, 0.1) is 0 Å². The summed E-state index contributed by atoms with van der Waals surface area (Å²) in [7, 11) is 0. The van der Waals surface area contributed by atoms with E-state index in [9.17, 15) is 0 Å². The highest BCUT2D eigenvalue weighted by Crippen LogP contribution is 2.49. The van der Waals surface area contributed by atoms with E-state index >= 15 is 0 Å². The van der Waals surface area contributed by atoms with Gasteiger partial charge in [-0.25, -0.2) is 0 Å². The van der Waals surface area contributed by atoms with E-state index in [0.717, 1.165) is 0 Å². The first-order valence-corrected chi connectivity index (χ1v) is 14.0. The lowest BCUT2D eigenvalue weighted by molar-refractivity contribution is 0.660. The minimum Gasteiger partial charge on any atom is -0.354 e. The summed E-state index contributed by atoms with van der Waals surface area (Å²) in [6, 6.07) is 48.9. The van der Waals surface area contributed by atoms with Crippen molar-refractivity contribution < 1.29 is 0 Å². The van der Waals surface area contributed by atoms with E-state index in [4.69, 9.17) is 0 Å². The SMILES string of the molecule is CC1(C)c2ccccc2-c2ccc(-c3cc(-c4ccccc4)cc(-c4cccc5c4[nH]c4ccccc45)c3)cc21. The van der Waals surface area contributed by atoms with Crippen molar-refractivity contribution >= 4 is 21.8 Å². The van der Waals surface area contributed by atoms with Gasteiger partial charge in [0, 0.05) is 27.3 Å². The first kappa shape index (κ1) is 23.0. The Kier molecular flexibility index (Phi) is 4.93. The Bertz CT molecular complexity index is 2070. The van der Waals surface area contributed by atoms with Crippen molar-refractivity contribution in [2.24, 2.45) is 0 Å². The van der Waals surface area contributed by atoms with E-state index < -0.39 is 0 Å². The summed E-state index contributed by atoms with van der Waals surface area (Å²) in [5.74, 6) is 0. The van der Waals surface area contributed by atoms with Crippen LogP contribution in [0.4, 0.5) is 0 Å². The molecule has 8 rings (SSSR count). The Labute approximate surface area is 234 Å². The zero-order valence-electron chi connectivity index (χ0n) is 22.7. The van der Waals surface area contributed by atoms with Gasteiger partial charge in [-0.15, -0.1) is 0 Å². The number of H-pyrrole nitrogens is 1. The fourth-order valence-electron chi connectivity index (χ4n) is 6.74. The van der Waals surface area contributed by atoms with Crippen molar-refractivity contribution in [2.45, 2.75) is 19.3 Å². The van der Waals surface area contributed by atoms with E-state index in [2.05, 4.69) is 152 Å². The molecule has 0 amide bonds. The molecule has 0 spiro atoms. The van der Waals surface area contributed by atoms with E-state index in [1.807, 2.05) is 0 Å². The van der Waals surface area contributed by atoms with Gasteiger partial charge in [0.15, 0.2) is 0 Å². The minimum atomic E-state index is -0.0300. The molecule has 0 radical (unpaired) electrons. The van der Waals surface area contributed by atoms with Crippen LogP contribution in [0.5, 0.6) is 0 Å². The first-order valence-electron chi connectivity index (χ1n) is 14.0. The number of para-hydroxylation sites is 2. The molecular weight excluding hydrogens is 482 g/mol. The van der Waals surface area contributed by atoms with Gasteiger partial charge in [0.25, 0.3) is 0 Å². The third-order valence-electron chi connectivity index (χ3n) is 8.81. The molecule has 0 unspecified atom stereocenters. The predicted octanol–water partition coefficient (Wildman–Crippen LogP) is 10.6. The summed E-state index contributed by atoms with van der Waals surface area (Å²) < 4.78 is 0. The smallest absolute Gasteiger partial charge is 0.0544 e. The molecule has 0 saturated carbocycles. The van der Waals surface area contributed by atoms with Crippen molar-refractivity contribution in [1.82, 2.24) is 4.98 Å². The van der Waals surface area contributed by atoms with Crippen LogP contribution in [0.2, 0.25) is 0 Å². The molecule has 0 aliphatic heterocycles. The minimum absolute atomic E-state index is 0.0300. The van der Waals surface area contributed by atoms with Crippen molar-refractivity contribution in [2.75, 3.05) is 0 Å². The van der Waals surface area contributed by atoms with Crippen molar-refractivity contribution in [1.29, 1.82) is 0 Å². The van der Waals surface area contributed by atoms with Gasteiger partial charge in [0.1, 0.15) is 0 Å². The predicted molar refractivity (Wildman–Crippen MR) is 170 cm³/mol. The lowest BCUT2D eigenvalue weighted by Gasteiger charge is -2.22. The van der Waals surface area contributed by atoms with Crippen LogP contribution in [-0.2, 0) is 5.41 Å². The van der Waals surface area contributed by atoms with Gasteiger partial charge in [-0.2, -0.15) is 0 Å². The maximum Gasteiger partial charge on any atom is 0.0544 e. The van der Waals surface area contributed by atoms with Crippen LogP contribution in [0.15, 0.2) is 133 Å². The average Bonchev–Trinajstić information content (AvgIpc) is 3.50. The Balaban J connectivity index is 1.36. The molecule has 0 bridgehead atoms. The van der Waals surface area contributed by atoms with E-state index in [1.54, 1.807) is 0 Å². The van der Waals surface area contributed by atoms with Crippen LogP contribution in [0.1, 0.15) is 25.0 Å². The molecule has 0 atom stereocenters. The normalized spacial score (nSPS) is 13.4. The Morgan fingerprint density at radius 2 is 1.07 bits per heavy atom. The number of hydrogen-bond donors (Lipinski definition) is 1. The Hall–Kier alpha value is -4.88. The summed E-state index contributed by atoms with van der Waals surface area (Å²) in [5.41, 5.74) is 15.2. The van der Waals surface area contributed by atoms with Crippen molar-refractivity contribution in [3.63, 3.8) is 0 Å². The zero-order valence-corrected chi connectivity index (χ0v) is 22.7. The maximum atomic E-state index is 3.72. The molecule has 1 aliphatic rings. The quantitative estimate of drug-likeness (QED) is 0.243. The van der Waals surface area contributed by atoms with Gasteiger partial charge >= 0.3 is 0 Å². The third kappa shape index (κ3) is 3.41. The average molecular weight is 512 g/mol.